The predicted octanol–water partition coefficient (Wildman–Crippen LogP) is 0.368. The molecule has 2 heterocycles. The second-order valence-corrected chi connectivity index (χ2v) is 13.2. The van der Waals surface area contributed by atoms with E-state index in [1.165, 1.54) is 18.6 Å². The molecule has 0 aliphatic rings. The Bertz CT molecular complexity index is 406. The average Bonchev–Trinajstić information content (AvgIpc) is 2.30. The van der Waals surface area contributed by atoms with Gasteiger partial charge in [0, 0.05) is 0 Å². The number of hydrogen-bond acceptors (Lipinski definition) is 2. The van der Waals surface area contributed by atoms with Crippen LogP contribution in [0.25, 0.3) is 0 Å². The minimum atomic E-state index is -0.101. The molecule has 82 valence electrons. The first kappa shape index (κ1) is 12.3. The first-order valence-electron chi connectivity index (χ1n) is 4.94. The van der Waals surface area contributed by atoms with E-state index in [-0.39, 0.29) is 34.1 Å². The van der Waals surface area contributed by atoms with Crippen molar-refractivity contribution in [3.05, 3.63) is 47.8 Å². The normalized spacial score (nSPS) is 10.4. The van der Waals surface area contributed by atoms with Crippen LogP contribution in [0.2, 0.25) is 0 Å². The van der Waals surface area contributed by atoms with Gasteiger partial charge in [-0.05, 0) is 0 Å². The molecule has 2 rings (SSSR count). The maximum atomic E-state index is 4.47. The standard InChI is InChI=1S/C12H12N2Te2/c1-9-3-5-11(13-7-9)15-16-12-6-4-10(2)8-14-12/h3-8H,1-2H3. The van der Waals surface area contributed by atoms with Crippen molar-refractivity contribution in [2.75, 3.05) is 0 Å². The SMILES string of the molecule is Cc1ccc([Te][Te]c2ccc(C)cn2)nc1. The van der Waals surface area contributed by atoms with Gasteiger partial charge in [-0.2, -0.15) is 0 Å². The fraction of sp³-hybridized carbons (Fsp3) is 0.167. The molecule has 0 N–H and O–H groups in total. The molecule has 0 saturated heterocycles. The summed E-state index contributed by atoms with van der Waals surface area (Å²) in [6.07, 6.45) is 3.94. The molecular formula is C12H12N2Te2. The van der Waals surface area contributed by atoms with E-state index >= 15 is 0 Å². The van der Waals surface area contributed by atoms with Gasteiger partial charge in [-0.1, -0.05) is 0 Å². The third kappa shape index (κ3) is 3.72. The van der Waals surface area contributed by atoms with Crippen LogP contribution < -0.4 is 7.48 Å². The first-order valence-corrected chi connectivity index (χ1v) is 14.6. The molecule has 4 heteroatoms. The zero-order valence-corrected chi connectivity index (χ0v) is 13.8. The summed E-state index contributed by atoms with van der Waals surface area (Å²) in [6, 6.07) is 8.66. The molecule has 0 saturated carbocycles. The number of aromatic nitrogens is 2. The zero-order chi connectivity index (χ0) is 11.4. The van der Waals surface area contributed by atoms with E-state index in [0.29, 0.717) is 0 Å². The van der Waals surface area contributed by atoms with Crippen molar-refractivity contribution in [1.29, 1.82) is 0 Å². The van der Waals surface area contributed by atoms with Crippen molar-refractivity contribution >= 4 is 41.6 Å². The first-order chi connectivity index (χ1) is 7.74. The molecule has 2 aromatic heterocycles. The molecular weight excluding hydrogens is 427 g/mol. The number of pyridine rings is 2. The summed E-state index contributed by atoms with van der Waals surface area (Å²) in [7, 11) is 0. The van der Waals surface area contributed by atoms with Gasteiger partial charge in [-0.3, -0.25) is 0 Å². The van der Waals surface area contributed by atoms with Crippen molar-refractivity contribution in [2.45, 2.75) is 13.8 Å². The van der Waals surface area contributed by atoms with Crippen LogP contribution in [0.15, 0.2) is 36.7 Å². The minimum absolute atomic E-state index is 0.101. The van der Waals surface area contributed by atoms with E-state index in [0.717, 1.165) is 0 Å². The molecule has 0 radical (unpaired) electrons. The molecule has 0 fully saturated rings. The van der Waals surface area contributed by atoms with Crippen LogP contribution in [0.5, 0.6) is 0 Å². The quantitative estimate of drug-likeness (QED) is 0.646. The van der Waals surface area contributed by atoms with Gasteiger partial charge in [0.05, 0.1) is 0 Å². The van der Waals surface area contributed by atoms with Crippen LogP contribution in [0.3, 0.4) is 0 Å². The van der Waals surface area contributed by atoms with Crippen molar-refractivity contribution in [2.24, 2.45) is 0 Å². The Hall–Kier alpha value is -0.121. The molecule has 0 spiro atoms. The van der Waals surface area contributed by atoms with Crippen LogP contribution in [-0.2, 0) is 0 Å². The number of hydrogen-bond donors (Lipinski definition) is 0. The van der Waals surface area contributed by atoms with Crippen molar-refractivity contribution < 1.29 is 0 Å². The Labute approximate surface area is 112 Å². The Morgan fingerprint density at radius 1 is 0.750 bits per heavy atom. The van der Waals surface area contributed by atoms with Gasteiger partial charge in [0.15, 0.2) is 0 Å². The second kappa shape index (κ2) is 5.99. The Kier molecular flexibility index (Phi) is 4.62. The molecule has 0 aliphatic carbocycles. The van der Waals surface area contributed by atoms with Crippen molar-refractivity contribution in [3.8, 4) is 0 Å². The predicted molar refractivity (Wildman–Crippen MR) is 68.7 cm³/mol. The second-order valence-electron chi connectivity index (χ2n) is 3.51. The molecule has 0 unspecified atom stereocenters. The van der Waals surface area contributed by atoms with Crippen LogP contribution in [0.1, 0.15) is 11.1 Å². The van der Waals surface area contributed by atoms with Gasteiger partial charge in [0.25, 0.3) is 0 Å². The molecule has 0 aliphatic heterocycles. The summed E-state index contributed by atoms with van der Waals surface area (Å²) in [5.74, 6) is 0. The number of aryl methyl sites for hydroxylation is 2. The average molecular weight is 439 g/mol. The van der Waals surface area contributed by atoms with E-state index in [1.807, 2.05) is 12.4 Å². The third-order valence-corrected chi connectivity index (χ3v) is 12.7. The van der Waals surface area contributed by atoms with Crippen LogP contribution in [0.4, 0.5) is 0 Å². The van der Waals surface area contributed by atoms with Crippen molar-refractivity contribution in [3.63, 3.8) is 0 Å². The molecule has 16 heavy (non-hydrogen) atoms. The van der Waals surface area contributed by atoms with E-state index in [4.69, 9.17) is 0 Å². The van der Waals surface area contributed by atoms with Crippen molar-refractivity contribution in [1.82, 2.24) is 9.97 Å². The van der Waals surface area contributed by atoms with E-state index in [1.54, 1.807) is 0 Å². The molecule has 0 bridgehead atoms. The van der Waals surface area contributed by atoms with Gasteiger partial charge in [0.1, 0.15) is 0 Å². The van der Waals surface area contributed by atoms with E-state index in [9.17, 15) is 0 Å². The summed E-state index contributed by atoms with van der Waals surface area (Å²) in [4.78, 5) is 8.95. The number of rotatable bonds is 3. The van der Waals surface area contributed by atoms with Crippen LogP contribution in [-0.4, -0.2) is 44.1 Å². The molecule has 0 amide bonds. The zero-order valence-electron chi connectivity index (χ0n) is 9.18. The third-order valence-electron chi connectivity index (χ3n) is 1.98. The maximum absolute atomic E-state index is 4.47. The van der Waals surface area contributed by atoms with Gasteiger partial charge < -0.3 is 0 Å². The number of nitrogens with zero attached hydrogens (tertiary/aromatic N) is 2. The Balaban J connectivity index is 1.97. The summed E-state index contributed by atoms with van der Waals surface area (Å²) >= 11 is -0.201. The molecule has 2 nitrogen and oxygen atoms in total. The summed E-state index contributed by atoms with van der Waals surface area (Å²) in [5, 5.41) is 0. The van der Waals surface area contributed by atoms with E-state index < -0.39 is 0 Å². The van der Waals surface area contributed by atoms with Crippen LogP contribution in [0, 0.1) is 13.8 Å². The van der Waals surface area contributed by atoms with Crippen LogP contribution >= 0.6 is 0 Å². The fourth-order valence-corrected chi connectivity index (χ4v) is 9.88. The Morgan fingerprint density at radius 3 is 1.50 bits per heavy atom. The van der Waals surface area contributed by atoms with Gasteiger partial charge in [-0.25, -0.2) is 0 Å². The van der Waals surface area contributed by atoms with Gasteiger partial charge >= 0.3 is 113 Å². The Morgan fingerprint density at radius 2 is 1.19 bits per heavy atom. The van der Waals surface area contributed by atoms with Gasteiger partial charge in [-0.15, -0.1) is 0 Å². The fourth-order valence-electron chi connectivity index (χ4n) is 1.09. The topological polar surface area (TPSA) is 25.8 Å². The molecule has 0 atom stereocenters. The monoisotopic (exact) mass is 444 g/mol. The summed E-state index contributed by atoms with van der Waals surface area (Å²) < 4.78 is 2.64. The van der Waals surface area contributed by atoms with Gasteiger partial charge in [0.2, 0.25) is 0 Å². The summed E-state index contributed by atoms with van der Waals surface area (Å²) in [5.41, 5.74) is 2.48. The molecule has 0 aromatic carbocycles. The summed E-state index contributed by atoms with van der Waals surface area (Å²) in [6.45, 7) is 4.16. The molecule has 2 aromatic rings. The van der Waals surface area contributed by atoms with E-state index in [2.05, 4.69) is 48.1 Å².